The number of nitriles is 1. The predicted octanol–water partition coefficient (Wildman–Crippen LogP) is 1.63. The van der Waals surface area contributed by atoms with Crippen molar-refractivity contribution in [3.63, 3.8) is 0 Å². The molecule has 0 N–H and O–H groups in total. The van der Waals surface area contributed by atoms with E-state index in [4.69, 9.17) is 5.26 Å². The molecule has 0 radical (unpaired) electrons. The van der Waals surface area contributed by atoms with E-state index in [-0.39, 0.29) is 11.5 Å². The Balaban J connectivity index is 2.75. The van der Waals surface area contributed by atoms with Gasteiger partial charge in [-0.25, -0.2) is 0 Å². The second-order valence-corrected chi connectivity index (χ2v) is 3.90. The van der Waals surface area contributed by atoms with Crippen molar-refractivity contribution in [2.75, 3.05) is 13.6 Å². The fourth-order valence-electron chi connectivity index (χ4n) is 1.66. The highest BCUT2D eigenvalue weighted by atomic mass is 15.2. The molecule has 1 aliphatic rings. The SMILES string of the molecule is CN1CCCC(C#N)C1(C)C. The van der Waals surface area contributed by atoms with E-state index in [0.29, 0.717) is 0 Å². The molecular weight excluding hydrogens is 136 g/mol. The second kappa shape index (κ2) is 2.83. The third kappa shape index (κ3) is 1.39. The van der Waals surface area contributed by atoms with Crippen LogP contribution in [0.1, 0.15) is 26.7 Å². The largest absolute Gasteiger partial charge is 0.300 e. The quantitative estimate of drug-likeness (QED) is 0.527. The van der Waals surface area contributed by atoms with Gasteiger partial charge in [-0.15, -0.1) is 0 Å². The summed E-state index contributed by atoms with van der Waals surface area (Å²) >= 11 is 0. The van der Waals surface area contributed by atoms with Crippen LogP contribution in [0.15, 0.2) is 0 Å². The highest BCUT2D eigenvalue weighted by molar-refractivity contribution is 5.01. The molecule has 2 nitrogen and oxygen atoms in total. The molecule has 0 aromatic carbocycles. The highest BCUT2D eigenvalue weighted by Gasteiger charge is 2.36. The number of hydrogen-bond acceptors (Lipinski definition) is 2. The van der Waals surface area contributed by atoms with Crippen molar-refractivity contribution < 1.29 is 0 Å². The van der Waals surface area contributed by atoms with Crippen LogP contribution in [-0.4, -0.2) is 24.0 Å². The topological polar surface area (TPSA) is 27.0 Å². The van der Waals surface area contributed by atoms with Crippen LogP contribution in [0, 0.1) is 17.2 Å². The van der Waals surface area contributed by atoms with E-state index in [1.54, 1.807) is 0 Å². The van der Waals surface area contributed by atoms with Gasteiger partial charge in [-0.1, -0.05) is 0 Å². The van der Waals surface area contributed by atoms with Crippen LogP contribution >= 0.6 is 0 Å². The first kappa shape index (κ1) is 8.55. The van der Waals surface area contributed by atoms with Gasteiger partial charge >= 0.3 is 0 Å². The lowest BCUT2D eigenvalue weighted by Crippen LogP contribution is -2.50. The van der Waals surface area contributed by atoms with Gasteiger partial charge in [0.05, 0.1) is 12.0 Å². The summed E-state index contributed by atoms with van der Waals surface area (Å²) in [5, 5.41) is 8.87. The zero-order valence-corrected chi connectivity index (χ0v) is 7.59. The van der Waals surface area contributed by atoms with E-state index < -0.39 is 0 Å². The van der Waals surface area contributed by atoms with Gasteiger partial charge in [-0.2, -0.15) is 5.26 Å². The van der Waals surface area contributed by atoms with Gasteiger partial charge in [0.15, 0.2) is 0 Å². The summed E-state index contributed by atoms with van der Waals surface area (Å²) in [7, 11) is 2.10. The zero-order valence-electron chi connectivity index (χ0n) is 7.59. The number of nitrogens with zero attached hydrogens (tertiary/aromatic N) is 2. The molecule has 1 saturated heterocycles. The molecule has 1 fully saturated rings. The van der Waals surface area contributed by atoms with Gasteiger partial charge < -0.3 is 0 Å². The average molecular weight is 152 g/mol. The Kier molecular flexibility index (Phi) is 2.20. The first-order valence-electron chi connectivity index (χ1n) is 4.20. The molecule has 1 rings (SSSR count). The summed E-state index contributed by atoms with van der Waals surface area (Å²) in [5.74, 6) is 0.209. The molecule has 2 heteroatoms. The number of hydrogen-bond donors (Lipinski definition) is 0. The van der Waals surface area contributed by atoms with Gasteiger partial charge in [0.2, 0.25) is 0 Å². The lowest BCUT2D eigenvalue weighted by atomic mass is 9.80. The van der Waals surface area contributed by atoms with Crippen LogP contribution in [0.2, 0.25) is 0 Å². The minimum atomic E-state index is 0.0764. The summed E-state index contributed by atoms with van der Waals surface area (Å²) in [5.41, 5.74) is 0.0764. The van der Waals surface area contributed by atoms with Crippen molar-refractivity contribution in [2.24, 2.45) is 5.92 Å². The average Bonchev–Trinajstić information content (AvgIpc) is 1.95. The van der Waals surface area contributed by atoms with Crippen LogP contribution in [0.5, 0.6) is 0 Å². The third-order valence-electron chi connectivity index (χ3n) is 2.98. The molecule has 1 heterocycles. The molecule has 62 valence electrons. The van der Waals surface area contributed by atoms with Crippen molar-refractivity contribution in [3.8, 4) is 6.07 Å². The molecule has 0 aromatic rings. The molecule has 0 amide bonds. The van der Waals surface area contributed by atoms with Gasteiger partial charge in [0.1, 0.15) is 0 Å². The summed E-state index contributed by atoms with van der Waals surface area (Å²) in [6, 6.07) is 2.38. The molecule has 1 unspecified atom stereocenters. The van der Waals surface area contributed by atoms with Gasteiger partial charge in [0, 0.05) is 5.54 Å². The lowest BCUT2D eigenvalue weighted by molar-refractivity contribution is 0.0719. The van der Waals surface area contributed by atoms with Crippen molar-refractivity contribution in [2.45, 2.75) is 32.2 Å². The van der Waals surface area contributed by atoms with E-state index in [1.807, 2.05) is 0 Å². The Hall–Kier alpha value is -0.550. The fourth-order valence-corrected chi connectivity index (χ4v) is 1.66. The van der Waals surface area contributed by atoms with Gasteiger partial charge in [-0.3, -0.25) is 4.90 Å². The van der Waals surface area contributed by atoms with Crippen molar-refractivity contribution in [1.82, 2.24) is 4.90 Å². The molecule has 1 aliphatic heterocycles. The zero-order chi connectivity index (χ0) is 8.48. The number of rotatable bonds is 0. The molecule has 0 bridgehead atoms. The first-order valence-corrected chi connectivity index (χ1v) is 4.20. The maximum absolute atomic E-state index is 8.87. The monoisotopic (exact) mass is 152 g/mol. The molecule has 1 atom stereocenters. The highest BCUT2D eigenvalue weighted by Crippen LogP contribution is 2.31. The standard InChI is InChI=1S/C9H16N2/c1-9(2)8(7-10)5-4-6-11(9)3/h8H,4-6H2,1-3H3. The molecule has 0 saturated carbocycles. The van der Waals surface area contributed by atoms with E-state index >= 15 is 0 Å². The van der Waals surface area contributed by atoms with Gasteiger partial charge in [0.25, 0.3) is 0 Å². The fraction of sp³-hybridized carbons (Fsp3) is 0.889. The van der Waals surface area contributed by atoms with Crippen LogP contribution in [0.4, 0.5) is 0 Å². The normalized spacial score (nSPS) is 31.3. The van der Waals surface area contributed by atoms with Crippen LogP contribution in [0.3, 0.4) is 0 Å². The first-order chi connectivity index (χ1) is 5.09. The summed E-state index contributed by atoms with van der Waals surface area (Å²) < 4.78 is 0. The van der Waals surface area contributed by atoms with Crippen molar-refractivity contribution in [3.05, 3.63) is 0 Å². The Morgan fingerprint density at radius 3 is 2.64 bits per heavy atom. The Bertz CT molecular complexity index is 178. The molecule has 0 aliphatic carbocycles. The van der Waals surface area contributed by atoms with Crippen molar-refractivity contribution in [1.29, 1.82) is 5.26 Å². The van der Waals surface area contributed by atoms with E-state index in [9.17, 15) is 0 Å². The van der Waals surface area contributed by atoms with E-state index in [0.717, 1.165) is 19.4 Å². The molecule has 0 aromatic heterocycles. The van der Waals surface area contributed by atoms with Gasteiger partial charge in [-0.05, 0) is 40.3 Å². The summed E-state index contributed by atoms with van der Waals surface area (Å²) in [6.07, 6.45) is 2.23. The maximum atomic E-state index is 8.87. The van der Waals surface area contributed by atoms with E-state index in [2.05, 4.69) is 31.9 Å². The minimum Gasteiger partial charge on any atom is -0.300 e. The number of likely N-dealkylation sites (tertiary alicyclic amines) is 1. The second-order valence-electron chi connectivity index (χ2n) is 3.90. The predicted molar refractivity (Wildman–Crippen MR) is 45.0 cm³/mol. The Morgan fingerprint density at radius 1 is 1.55 bits per heavy atom. The lowest BCUT2D eigenvalue weighted by Gasteiger charge is -2.43. The van der Waals surface area contributed by atoms with Crippen LogP contribution < -0.4 is 0 Å². The smallest absolute Gasteiger partial charge is 0.0675 e. The summed E-state index contributed by atoms with van der Waals surface area (Å²) in [6.45, 7) is 5.44. The number of piperidine rings is 1. The molecule has 11 heavy (non-hydrogen) atoms. The Morgan fingerprint density at radius 2 is 2.18 bits per heavy atom. The van der Waals surface area contributed by atoms with Crippen LogP contribution in [-0.2, 0) is 0 Å². The van der Waals surface area contributed by atoms with Crippen LogP contribution in [0.25, 0.3) is 0 Å². The minimum absolute atomic E-state index is 0.0764. The molecule has 0 spiro atoms. The maximum Gasteiger partial charge on any atom is 0.0675 e. The third-order valence-corrected chi connectivity index (χ3v) is 2.98. The molecular formula is C9H16N2. The van der Waals surface area contributed by atoms with Crippen molar-refractivity contribution >= 4 is 0 Å². The summed E-state index contributed by atoms with van der Waals surface area (Å²) in [4.78, 5) is 2.28. The Labute approximate surface area is 68.8 Å². The van der Waals surface area contributed by atoms with E-state index in [1.165, 1.54) is 0 Å².